The van der Waals surface area contributed by atoms with Crippen LogP contribution in [-0.2, 0) is 0 Å². The van der Waals surface area contributed by atoms with Crippen molar-refractivity contribution in [1.82, 2.24) is 4.98 Å². The number of anilines is 2. The zero-order valence-electron chi connectivity index (χ0n) is 11.6. The van der Waals surface area contributed by atoms with Crippen LogP contribution in [0, 0.1) is 0 Å². The van der Waals surface area contributed by atoms with Gasteiger partial charge in [0.1, 0.15) is 11.6 Å². The van der Waals surface area contributed by atoms with E-state index in [4.69, 9.17) is 4.98 Å². The van der Waals surface area contributed by atoms with Crippen molar-refractivity contribution in [3.63, 3.8) is 0 Å². The molecule has 3 heteroatoms. The van der Waals surface area contributed by atoms with Crippen molar-refractivity contribution in [2.24, 2.45) is 0 Å². The maximum atomic E-state index is 4.79. The fourth-order valence-corrected chi connectivity index (χ4v) is 2.22. The van der Waals surface area contributed by atoms with Gasteiger partial charge >= 0.3 is 0 Å². The van der Waals surface area contributed by atoms with Gasteiger partial charge in [0.05, 0.1) is 0 Å². The van der Waals surface area contributed by atoms with Gasteiger partial charge in [-0.3, -0.25) is 0 Å². The fraction of sp³-hybridized carbons (Fsp3) is 0.400. The predicted molar refractivity (Wildman–Crippen MR) is 79.6 cm³/mol. The van der Waals surface area contributed by atoms with Crippen molar-refractivity contribution in [2.75, 3.05) is 37.0 Å². The Labute approximate surface area is 109 Å². The molecule has 0 bridgehead atoms. The lowest BCUT2D eigenvalue weighted by atomic mass is 10.1. The average Bonchev–Trinajstić information content (AvgIpc) is 2.39. The van der Waals surface area contributed by atoms with Crippen LogP contribution in [0.15, 0.2) is 30.3 Å². The monoisotopic (exact) mass is 243 g/mol. The van der Waals surface area contributed by atoms with E-state index in [0.29, 0.717) is 0 Å². The van der Waals surface area contributed by atoms with Crippen LogP contribution in [0.1, 0.15) is 13.8 Å². The third-order valence-corrected chi connectivity index (χ3v) is 3.22. The molecule has 1 aromatic carbocycles. The lowest BCUT2D eigenvalue weighted by Crippen LogP contribution is -2.24. The molecule has 18 heavy (non-hydrogen) atoms. The highest BCUT2D eigenvalue weighted by molar-refractivity contribution is 5.94. The lowest BCUT2D eigenvalue weighted by Gasteiger charge is -2.23. The molecule has 1 heterocycles. The molecule has 0 unspecified atom stereocenters. The first-order valence-corrected chi connectivity index (χ1v) is 6.49. The molecule has 96 valence electrons. The van der Waals surface area contributed by atoms with Crippen LogP contribution in [0.3, 0.4) is 0 Å². The van der Waals surface area contributed by atoms with E-state index in [2.05, 4.69) is 54.0 Å². The molecule has 3 nitrogen and oxygen atoms in total. The number of benzene rings is 1. The van der Waals surface area contributed by atoms with Crippen LogP contribution in [-0.4, -0.2) is 32.2 Å². The van der Waals surface area contributed by atoms with Crippen molar-refractivity contribution in [1.29, 1.82) is 0 Å². The highest BCUT2D eigenvalue weighted by atomic mass is 15.2. The number of fused-ring (bicyclic) bond motifs is 1. The summed E-state index contributed by atoms with van der Waals surface area (Å²) in [5.74, 6) is 2.09. The molecule has 0 aliphatic carbocycles. The summed E-state index contributed by atoms with van der Waals surface area (Å²) in [6, 6.07) is 10.6. The second-order valence-corrected chi connectivity index (χ2v) is 4.59. The topological polar surface area (TPSA) is 19.4 Å². The molecule has 0 aliphatic heterocycles. The van der Waals surface area contributed by atoms with Gasteiger partial charge < -0.3 is 9.80 Å². The minimum atomic E-state index is 0.981. The van der Waals surface area contributed by atoms with Crippen LogP contribution in [0.2, 0.25) is 0 Å². The molecule has 0 radical (unpaired) electrons. The van der Waals surface area contributed by atoms with Gasteiger partial charge in [0, 0.05) is 32.6 Å². The number of aromatic nitrogens is 1. The number of rotatable bonds is 4. The van der Waals surface area contributed by atoms with Gasteiger partial charge in [-0.1, -0.05) is 24.3 Å². The van der Waals surface area contributed by atoms with E-state index >= 15 is 0 Å². The number of hydrogen-bond donors (Lipinski definition) is 0. The van der Waals surface area contributed by atoms with Crippen molar-refractivity contribution in [3.8, 4) is 0 Å². The van der Waals surface area contributed by atoms with Gasteiger partial charge in [0.2, 0.25) is 0 Å². The zero-order valence-corrected chi connectivity index (χ0v) is 11.6. The molecule has 0 aliphatic rings. The largest absolute Gasteiger partial charge is 0.362 e. The second-order valence-electron chi connectivity index (χ2n) is 4.59. The Bertz CT molecular complexity index is 530. The molecule has 0 saturated heterocycles. The first kappa shape index (κ1) is 12.7. The molecular formula is C15H21N3. The van der Waals surface area contributed by atoms with Gasteiger partial charge in [0.15, 0.2) is 0 Å². The summed E-state index contributed by atoms with van der Waals surface area (Å²) in [7, 11) is 4.08. The van der Waals surface area contributed by atoms with Crippen molar-refractivity contribution >= 4 is 22.4 Å². The Morgan fingerprint density at radius 2 is 1.72 bits per heavy atom. The second kappa shape index (κ2) is 5.25. The van der Waals surface area contributed by atoms with E-state index in [-0.39, 0.29) is 0 Å². The number of pyridine rings is 1. The van der Waals surface area contributed by atoms with Gasteiger partial charge in [0.25, 0.3) is 0 Å². The number of nitrogens with zero attached hydrogens (tertiary/aromatic N) is 3. The number of hydrogen-bond acceptors (Lipinski definition) is 3. The summed E-state index contributed by atoms with van der Waals surface area (Å²) in [5, 5.41) is 2.46. The Kier molecular flexibility index (Phi) is 3.70. The fourth-order valence-electron chi connectivity index (χ4n) is 2.22. The Morgan fingerprint density at radius 3 is 2.33 bits per heavy atom. The first-order valence-electron chi connectivity index (χ1n) is 6.49. The van der Waals surface area contributed by atoms with Crippen molar-refractivity contribution < 1.29 is 0 Å². The lowest BCUT2D eigenvalue weighted by molar-refractivity contribution is 0.845. The van der Waals surface area contributed by atoms with E-state index in [0.717, 1.165) is 24.7 Å². The Morgan fingerprint density at radius 1 is 1.06 bits per heavy atom. The van der Waals surface area contributed by atoms with E-state index < -0.39 is 0 Å². The zero-order chi connectivity index (χ0) is 13.1. The SMILES string of the molecule is CCN(CC)c1cc2ccccc2c(N(C)C)n1. The van der Waals surface area contributed by atoms with E-state index in [1.807, 2.05) is 14.1 Å². The van der Waals surface area contributed by atoms with E-state index in [1.165, 1.54) is 10.8 Å². The molecular weight excluding hydrogens is 222 g/mol. The van der Waals surface area contributed by atoms with Gasteiger partial charge in [-0.05, 0) is 25.3 Å². The summed E-state index contributed by atoms with van der Waals surface area (Å²) in [6.45, 7) is 6.29. The molecule has 0 atom stereocenters. The minimum Gasteiger partial charge on any atom is -0.362 e. The van der Waals surface area contributed by atoms with E-state index in [1.54, 1.807) is 0 Å². The molecule has 0 amide bonds. The molecule has 0 fully saturated rings. The standard InChI is InChI=1S/C15H21N3/c1-5-18(6-2)14-11-12-9-7-8-10-13(12)15(16-14)17(3)4/h7-11H,5-6H2,1-4H3. The summed E-state index contributed by atoms with van der Waals surface area (Å²) < 4.78 is 0. The molecule has 2 aromatic rings. The highest BCUT2D eigenvalue weighted by Gasteiger charge is 2.10. The van der Waals surface area contributed by atoms with E-state index in [9.17, 15) is 0 Å². The normalized spacial score (nSPS) is 10.7. The smallest absolute Gasteiger partial charge is 0.138 e. The summed E-state index contributed by atoms with van der Waals surface area (Å²) in [6.07, 6.45) is 0. The first-order chi connectivity index (χ1) is 8.67. The van der Waals surface area contributed by atoms with Crippen LogP contribution < -0.4 is 9.80 Å². The van der Waals surface area contributed by atoms with Gasteiger partial charge in [-0.25, -0.2) is 4.98 Å². The molecule has 1 aromatic heterocycles. The molecule has 0 saturated carbocycles. The quantitative estimate of drug-likeness (QED) is 0.822. The summed E-state index contributed by atoms with van der Waals surface area (Å²) >= 11 is 0. The van der Waals surface area contributed by atoms with Crippen LogP contribution in [0.5, 0.6) is 0 Å². The average molecular weight is 243 g/mol. The van der Waals surface area contributed by atoms with Crippen molar-refractivity contribution in [2.45, 2.75) is 13.8 Å². The molecule has 0 spiro atoms. The van der Waals surface area contributed by atoms with Crippen LogP contribution in [0.4, 0.5) is 11.6 Å². The Hall–Kier alpha value is -1.77. The molecule has 2 rings (SSSR count). The summed E-state index contributed by atoms with van der Waals surface area (Å²) in [5.41, 5.74) is 0. The third kappa shape index (κ3) is 2.26. The van der Waals surface area contributed by atoms with Crippen LogP contribution in [0.25, 0.3) is 10.8 Å². The van der Waals surface area contributed by atoms with Crippen LogP contribution >= 0.6 is 0 Å². The molecule has 0 N–H and O–H groups in total. The maximum absolute atomic E-state index is 4.79. The minimum absolute atomic E-state index is 0.981. The van der Waals surface area contributed by atoms with Gasteiger partial charge in [-0.2, -0.15) is 0 Å². The summed E-state index contributed by atoms with van der Waals surface area (Å²) in [4.78, 5) is 9.15. The van der Waals surface area contributed by atoms with Crippen molar-refractivity contribution in [3.05, 3.63) is 30.3 Å². The third-order valence-electron chi connectivity index (χ3n) is 3.22. The predicted octanol–water partition coefficient (Wildman–Crippen LogP) is 3.15. The maximum Gasteiger partial charge on any atom is 0.138 e. The van der Waals surface area contributed by atoms with Gasteiger partial charge in [-0.15, -0.1) is 0 Å². The highest BCUT2D eigenvalue weighted by Crippen LogP contribution is 2.27. The Balaban J connectivity index is 2.64.